The lowest BCUT2D eigenvalue weighted by molar-refractivity contribution is -0.120. The topological polar surface area (TPSA) is 50.7 Å². The minimum Gasteiger partial charge on any atom is -0.494 e. The maximum atomic E-state index is 11.0. The van der Waals surface area contributed by atoms with Crippen LogP contribution in [0.4, 0.5) is 0 Å². The van der Waals surface area contributed by atoms with E-state index >= 15 is 0 Å². The summed E-state index contributed by atoms with van der Waals surface area (Å²) in [6.07, 6.45) is 3.19. The summed E-state index contributed by atoms with van der Waals surface area (Å²) < 4.78 is 5.24. The van der Waals surface area contributed by atoms with Gasteiger partial charge in [0.2, 0.25) is 0 Å². The number of morpholine rings is 1. The van der Waals surface area contributed by atoms with Crippen LogP contribution < -0.4 is 5.32 Å². The SMILES string of the molecule is O=C1N=CC=C2OCCNC12. The molecule has 1 unspecified atom stereocenters. The largest absolute Gasteiger partial charge is 0.494 e. The van der Waals surface area contributed by atoms with Crippen molar-refractivity contribution in [2.45, 2.75) is 6.04 Å². The van der Waals surface area contributed by atoms with E-state index in [1.807, 2.05) is 0 Å². The third kappa shape index (κ3) is 1.05. The molecule has 0 aromatic carbocycles. The second-order valence-electron chi connectivity index (χ2n) is 2.42. The zero-order valence-electron chi connectivity index (χ0n) is 5.91. The van der Waals surface area contributed by atoms with Crippen LogP contribution in [-0.2, 0) is 9.53 Å². The van der Waals surface area contributed by atoms with E-state index in [0.717, 1.165) is 0 Å². The summed E-state index contributed by atoms with van der Waals surface area (Å²) in [7, 11) is 0. The Hall–Kier alpha value is -1.16. The molecule has 2 heterocycles. The molecule has 0 aromatic rings. The average molecular weight is 152 g/mol. The van der Waals surface area contributed by atoms with Gasteiger partial charge in [-0.15, -0.1) is 0 Å². The van der Waals surface area contributed by atoms with Crippen LogP contribution in [0.1, 0.15) is 0 Å². The van der Waals surface area contributed by atoms with Crippen LogP contribution in [0, 0.1) is 0 Å². The van der Waals surface area contributed by atoms with Crippen molar-refractivity contribution >= 4 is 12.1 Å². The Balaban J connectivity index is 2.25. The number of amides is 1. The third-order valence-corrected chi connectivity index (χ3v) is 1.69. The molecule has 4 heteroatoms. The van der Waals surface area contributed by atoms with Crippen LogP contribution >= 0.6 is 0 Å². The Morgan fingerprint density at radius 3 is 3.45 bits per heavy atom. The number of ether oxygens (including phenoxy) is 1. The summed E-state index contributed by atoms with van der Waals surface area (Å²) in [6, 6.07) is -0.325. The molecule has 0 aromatic heterocycles. The molecule has 2 aliphatic rings. The fourth-order valence-corrected chi connectivity index (χ4v) is 1.17. The van der Waals surface area contributed by atoms with E-state index in [0.29, 0.717) is 18.9 Å². The second kappa shape index (κ2) is 2.47. The number of carbonyl (C=O) groups excluding carboxylic acids is 1. The molecule has 4 nitrogen and oxygen atoms in total. The summed E-state index contributed by atoms with van der Waals surface area (Å²) in [4.78, 5) is 14.7. The molecule has 0 radical (unpaired) electrons. The zero-order valence-corrected chi connectivity index (χ0v) is 5.91. The number of fused-ring (bicyclic) bond motifs is 1. The van der Waals surface area contributed by atoms with Crippen LogP contribution in [0.25, 0.3) is 0 Å². The predicted molar refractivity (Wildman–Crippen MR) is 39.3 cm³/mol. The molecular weight excluding hydrogens is 144 g/mol. The highest BCUT2D eigenvalue weighted by Crippen LogP contribution is 2.12. The van der Waals surface area contributed by atoms with Gasteiger partial charge in [-0.05, 0) is 6.08 Å². The number of hydrogen-bond donors (Lipinski definition) is 1. The quantitative estimate of drug-likeness (QED) is 0.507. The van der Waals surface area contributed by atoms with Crippen LogP contribution in [0.3, 0.4) is 0 Å². The standard InChI is InChI=1S/C7H8N2O2/c10-7-6-5(1-2-9-7)11-4-3-8-6/h1-2,6,8H,3-4H2. The molecule has 1 atom stereocenters. The lowest BCUT2D eigenvalue weighted by Gasteiger charge is -2.25. The number of hydrogen-bond acceptors (Lipinski definition) is 3. The van der Waals surface area contributed by atoms with E-state index in [1.54, 1.807) is 6.08 Å². The summed E-state index contributed by atoms with van der Waals surface area (Å²) >= 11 is 0. The van der Waals surface area contributed by atoms with Gasteiger partial charge in [-0.2, -0.15) is 0 Å². The fraction of sp³-hybridized carbons (Fsp3) is 0.429. The summed E-state index contributed by atoms with van der Waals surface area (Å²) in [5, 5.41) is 3.01. The highest BCUT2D eigenvalue weighted by molar-refractivity contribution is 5.97. The average Bonchev–Trinajstić information content (AvgIpc) is 2.06. The summed E-state index contributed by atoms with van der Waals surface area (Å²) in [5.41, 5.74) is 0. The number of allylic oxidation sites excluding steroid dienone is 1. The van der Waals surface area contributed by atoms with Crippen molar-refractivity contribution in [2.75, 3.05) is 13.2 Å². The first-order valence-corrected chi connectivity index (χ1v) is 3.52. The molecule has 1 fully saturated rings. The van der Waals surface area contributed by atoms with Gasteiger partial charge in [-0.3, -0.25) is 10.1 Å². The first kappa shape index (κ1) is 6.54. The smallest absolute Gasteiger partial charge is 0.270 e. The van der Waals surface area contributed by atoms with Gasteiger partial charge >= 0.3 is 0 Å². The van der Waals surface area contributed by atoms with Crippen molar-refractivity contribution in [1.29, 1.82) is 0 Å². The van der Waals surface area contributed by atoms with Gasteiger partial charge in [-0.1, -0.05) is 0 Å². The van der Waals surface area contributed by atoms with Crippen LogP contribution in [0.2, 0.25) is 0 Å². The van der Waals surface area contributed by atoms with Crippen molar-refractivity contribution in [1.82, 2.24) is 5.32 Å². The molecule has 11 heavy (non-hydrogen) atoms. The first-order chi connectivity index (χ1) is 5.38. The predicted octanol–water partition coefficient (Wildman–Crippen LogP) is -0.530. The van der Waals surface area contributed by atoms with Gasteiger partial charge in [0.1, 0.15) is 18.4 Å². The van der Waals surface area contributed by atoms with Gasteiger partial charge in [-0.25, -0.2) is 4.99 Å². The Kier molecular flexibility index (Phi) is 1.47. The molecule has 2 aliphatic heterocycles. The number of nitrogens with one attached hydrogen (secondary N) is 1. The maximum absolute atomic E-state index is 11.0. The molecule has 58 valence electrons. The minimum atomic E-state index is -0.325. The fourth-order valence-electron chi connectivity index (χ4n) is 1.17. The summed E-state index contributed by atoms with van der Waals surface area (Å²) in [5.74, 6) is 0.526. The lowest BCUT2D eigenvalue weighted by atomic mass is 10.1. The molecule has 0 spiro atoms. The van der Waals surface area contributed by atoms with Crippen LogP contribution in [0.15, 0.2) is 16.8 Å². The van der Waals surface area contributed by atoms with E-state index < -0.39 is 0 Å². The lowest BCUT2D eigenvalue weighted by Crippen LogP contribution is -2.45. The Morgan fingerprint density at radius 1 is 1.73 bits per heavy atom. The van der Waals surface area contributed by atoms with Crippen molar-refractivity contribution in [2.24, 2.45) is 4.99 Å². The molecule has 0 aliphatic carbocycles. The Morgan fingerprint density at radius 2 is 2.64 bits per heavy atom. The first-order valence-electron chi connectivity index (χ1n) is 3.52. The van der Waals surface area contributed by atoms with E-state index in [4.69, 9.17) is 4.74 Å². The molecule has 1 saturated heterocycles. The molecule has 1 N–H and O–H groups in total. The van der Waals surface area contributed by atoms with E-state index in [2.05, 4.69) is 10.3 Å². The minimum absolute atomic E-state index is 0.165. The van der Waals surface area contributed by atoms with Crippen LogP contribution in [-0.4, -0.2) is 31.3 Å². The number of rotatable bonds is 0. The molecule has 1 amide bonds. The van der Waals surface area contributed by atoms with Gasteiger partial charge in [0.15, 0.2) is 0 Å². The van der Waals surface area contributed by atoms with E-state index in [-0.39, 0.29) is 11.9 Å². The van der Waals surface area contributed by atoms with Crippen molar-refractivity contribution in [3.8, 4) is 0 Å². The van der Waals surface area contributed by atoms with Crippen molar-refractivity contribution in [3.05, 3.63) is 11.8 Å². The highest BCUT2D eigenvalue weighted by atomic mass is 16.5. The molecule has 0 bridgehead atoms. The van der Waals surface area contributed by atoms with E-state index in [9.17, 15) is 4.79 Å². The van der Waals surface area contributed by atoms with E-state index in [1.165, 1.54) is 6.21 Å². The zero-order chi connectivity index (χ0) is 7.68. The summed E-state index contributed by atoms with van der Waals surface area (Å²) in [6.45, 7) is 1.34. The van der Waals surface area contributed by atoms with Gasteiger partial charge in [0.05, 0.1) is 0 Å². The molecular formula is C7H8N2O2. The number of dihydropyridines is 1. The normalized spacial score (nSPS) is 28.9. The van der Waals surface area contributed by atoms with Gasteiger partial charge < -0.3 is 4.74 Å². The second-order valence-corrected chi connectivity index (χ2v) is 2.42. The Bertz CT molecular complexity index is 245. The Labute approximate surface area is 63.9 Å². The van der Waals surface area contributed by atoms with Crippen LogP contribution in [0.5, 0.6) is 0 Å². The molecule has 0 saturated carbocycles. The monoisotopic (exact) mass is 152 g/mol. The molecule has 2 rings (SSSR count). The maximum Gasteiger partial charge on any atom is 0.270 e. The van der Waals surface area contributed by atoms with Gasteiger partial charge in [0, 0.05) is 12.8 Å². The van der Waals surface area contributed by atoms with Gasteiger partial charge in [0.25, 0.3) is 5.91 Å². The highest BCUT2D eigenvalue weighted by Gasteiger charge is 2.27. The van der Waals surface area contributed by atoms with Crippen molar-refractivity contribution in [3.63, 3.8) is 0 Å². The van der Waals surface area contributed by atoms with Crippen molar-refractivity contribution < 1.29 is 9.53 Å². The number of carbonyl (C=O) groups is 1. The number of nitrogens with zero attached hydrogens (tertiary/aromatic N) is 1. The third-order valence-electron chi connectivity index (χ3n) is 1.69. The number of aliphatic imine (C=N–C) groups is 1.